The third-order valence-corrected chi connectivity index (χ3v) is 7.21. The smallest absolute Gasteiger partial charge is 0.408 e. The molecule has 8 heteroatoms. The van der Waals surface area contributed by atoms with Gasteiger partial charge in [0.05, 0.1) is 0 Å². The van der Waals surface area contributed by atoms with E-state index in [9.17, 15) is 19.5 Å². The number of aryl methyl sites for hydroxylation is 1. The number of para-hydroxylation sites is 1. The first-order valence-electron chi connectivity index (χ1n) is 14.8. The van der Waals surface area contributed by atoms with Gasteiger partial charge in [-0.05, 0) is 59.4 Å². The first-order chi connectivity index (χ1) is 18.4. The van der Waals surface area contributed by atoms with Gasteiger partial charge >= 0.3 is 6.09 Å². The van der Waals surface area contributed by atoms with Crippen LogP contribution in [0.15, 0.2) is 18.2 Å². The third-order valence-electron chi connectivity index (χ3n) is 7.21. The van der Waals surface area contributed by atoms with Crippen molar-refractivity contribution >= 4 is 17.9 Å². The minimum Gasteiger partial charge on any atom is -0.507 e. The van der Waals surface area contributed by atoms with E-state index in [4.69, 9.17) is 4.74 Å². The summed E-state index contributed by atoms with van der Waals surface area (Å²) in [5.74, 6) is -0.680. The average Bonchev–Trinajstić information content (AvgIpc) is 2.86. The van der Waals surface area contributed by atoms with Crippen LogP contribution in [0.25, 0.3) is 0 Å². The van der Waals surface area contributed by atoms with Crippen LogP contribution in [-0.4, -0.2) is 52.1 Å². The van der Waals surface area contributed by atoms with Crippen LogP contribution in [0, 0.1) is 6.92 Å². The molecular weight excluding hydrogens is 494 g/mol. The number of aromatic hydroxyl groups is 1. The highest BCUT2D eigenvalue weighted by molar-refractivity contribution is 5.92. The molecule has 1 aliphatic carbocycles. The van der Waals surface area contributed by atoms with E-state index in [-0.39, 0.29) is 23.6 Å². The number of alkyl carbamates (subject to hydrolysis) is 1. The lowest BCUT2D eigenvalue weighted by Gasteiger charge is -2.35. The van der Waals surface area contributed by atoms with Crippen molar-refractivity contribution in [2.45, 2.75) is 136 Å². The molecule has 39 heavy (non-hydrogen) atoms. The normalized spacial score (nSPS) is 15.7. The fraction of sp³-hybridized carbons (Fsp3) is 0.710. The summed E-state index contributed by atoms with van der Waals surface area (Å²) in [7, 11) is 0. The van der Waals surface area contributed by atoms with E-state index in [0.29, 0.717) is 24.1 Å². The van der Waals surface area contributed by atoms with Gasteiger partial charge in [-0.2, -0.15) is 0 Å². The Balaban J connectivity index is 2.37. The summed E-state index contributed by atoms with van der Waals surface area (Å²) in [4.78, 5) is 41.8. The Labute approximate surface area is 235 Å². The van der Waals surface area contributed by atoms with E-state index in [1.165, 1.54) is 11.3 Å². The molecule has 2 atom stereocenters. The highest BCUT2D eigenvalue weighted by Gasteiger charge is 2.37. The predicted octanol–water partition coefficient (Wildman–Crippen LogP) is 6.29. The zero-order valence-electron chi connectivity index (χ0n) is 25.0. The molecule has 3 N–H and O–H groups in total. The number of amides is 3. The summed E-state index contributed by atoms with van der Waals surface area (Å²) in [6, 6.07) is 3.39. The molecule has 1 fully saturated rings. The predicted molar refractivity (Wildman–Crippen MR) is 155 cm³/mol. The molecule has 1 aliphatic rings. The Bertz CT molecular complexity index is 937. The van der Waals surface area contributed by atoms with Gasteiger partial charge in [-0.3, -0.25) is 9.59 Å². The zero-order chi connectivity index (χ0) is 29.0. The Morgan fingerprint density at radius 2 is 1.69 bits per heavy atom. The molecule has 3 amide bonds. The first-order valence-corrected chi connectivity index (χ1v) is 14.8. The lowest BCUT2D eigenvalue weighted by atomic mass is 9.94. The van der Waals surface area contributed by atoms with Crippen LogP contribution in [0.2, 0.25) is 0 Å². The second kappa shape index (κ2) is 15.7. The molecular formula is C31H51N3O5. The number of hydrogen-bond donors (Lipinski definition) is 3. The topological polar surface area (TPSA) is 108 Å². The lowest BCUT2D eigenvalue weighted by Crippen LogP contribution is -2.53. The van der Waals surface area contributed by atoms with Crippen molar-refractivity contribution in [1.82, 2.24) is 15.5 Å². The standard InChI is InChI=1S/C31H51N3O5/c1-7-8-9-10-11-15-21-34(29(37)23(3)32-30(38)39-31(4,5)6)26(25-20-16-17-22(2)27(25)35)28(36)33-24-18-13-12-14-19-24/h16-17,20,23-24,26,35H,7-15,18-19,21H2,1-6H3,(H,32,38)(H,33,36). The molecule has 0 bridgehead atoms. The molecule has 2 unspecified atom stereocenters. The number of nitrogens with zero attached hydrogens (tertiary/aromatic N) is 1. The number of phenols is 1. The van der Waals surface area contributed by atoms with Crippen molar-refractivity contribution in [2.75, 3.05) is 6.54 Å². The van der Waals surface area contributed by atoms with E-state index >= 15 is 0 Å². The summed E-state index contributed by atoms with van der Waals surface area (Å²) in [6.07, 6.45) is 10.5. The quantitative estimate of drug-likeness (QED) is 0.252. The molecule has 1 aromatic rings. The summed E-state index contributed by atoms with van der Waals surface area (Å²) in [5.41, 5.74) is 0.322. The van der Waals surface area contributed by atoms with Crippen molar-refractivity contribution in [3.63, 3.8) is 0 Å². The lowest BCUT2D eigenvalue weighted by molar-refractivity contribution is -0.142. The Hall–Kier alpha value is -2.77. The summed E-state index contributed by atoms with van der Waals surface area (Å²) in [6.45, 7) is 11.2. The van der Waals surface area contributed by atoms with Crippen molar-refractivity contribution in [3.8, 4) is 5.75 Å². The van der Waals surface area contributed by atoms with Gasteiger partial charge in [-0.25, -0.2) is 4.79 Å². The van der Waals surface area contributed by atoms with Crippen LogP contribution >= 0.6 is 0 Å². The number of rotatable bonds is 13. The minimum absolute atomic E-state index is 0.00907. The first kappa shape index (κ1) is 32.4. The molecule has 0 spiro atoms. The number of ether oxygens (including phenoxy) is 1. The highest BCUT2D eigenvalue weighted by Crippen LogP contribution is 2.33. The number of phenolic OH excluding ortho intramolecular Hbond substituents is 1. The second-order valence-electron chi connectivity index (χ2n) is 11.9. The van der Waals surface area contributed by atoms with Gasteiger partial charge in [0.25, 0.3) is 0 Å². The molecule has 8 nitrogen and oxygen atoms in total. The zero-order valence-corrected chi connectivity index (χ0v) is 25.0. The fourth-order valence-corrected chi connectivity index (χ4v) is 5.10. The van der Waals surface area contributed by atoms with Crippen LogP contribution < -0.4 is 10.6 Å². The molecule has 0 aliphatic heterocycles. The maximum absolute atomic E-state index is 13.9. The van der Waals surface area contributed by atoms with E-state index < -0.39 is 23.8 Å². The number of carbonyl (C=O) groups excluding carboxylic acids is 3. The Morgan fingerprint density at radius 1 is 1.05 bits per heavy atom. The van der Waals surface area contributed by atoms with Crippen LogP contribution in [0.4, 0.5) is 4.79 Å². The molecule has 0 saturated heterocycles. The van der Waals surface area contributed by atoms with Gasteiger partial charge in [-0.1, -0.05) is 76.5 Å². The summed E-state index contributed by atoms with van der Waals surface area (Å²) < 4.78 is 5.36. The Morgan fingerprint density at radius 3 is 2.33 bits per heavy atom. The second-order valence-corrected chi connectivity index (χ2v) is 11.9. The van der Waals surface area contributed by atoms with Gasteiger partial charge in [-0.15, -0.1) is 0 Å². The van der Waals surface area contributed by atoms with Crippen molar-refractivity contribution in [2.24, 2.45) is 0 Å². The number of nitrogens with one attached hydrogen (secondary N) is 2. The van der Waals surface area contributed by atoms with Crippen LogP contribution in [0.5, 0.6) is 5.75 Å². The monoisotopic (exact) mass is 545 g/mol. The molecule has 2 rings (SSSR count). The van der Waals surface area contributed by atoms with Crippen LogP contribution in [0.1, 0.15) is 122 Å². The van der Waals surface area contributed by atoms with Crippen LogP contribution in [0.3, 0.4) is 0 Å². The Kier molecular flexibility index (Phi) is 13.1. The maximum atomic E-state index is 13.9. The minimum atomic E-state index is -1.02. The number of unbranched alkanes of at least 4 members (excludes halogenated alkanes) is 5. The van der Waals surface area contributed by atoms with E-state index in [1.54, 1.807) is 52.8 Å². The van der Waals surface area contributed by atoms with E-state index in [0.717, 1.165) is 57.8 Å². The average molecular weight is 546 g/mol. The largest absolute Gasteiger partial charge is 0.507 e. The van der Waals surface area contributed by atoms with Crippen molar-refractivity contribution < 1.29 is 24.2 Å². The van der Waals surface area contributed by atoms with Crippen molar-refractivity contribution in [1.29, 1.82) is 0 Å². The SMILES string of the molecule is CCCCCCCCN(C(=O)C(C)NC(=O)OC(C)(C)C)C(C(=O)NC1CCCCC1)c1cccc(C)c1O. The van der Waals surface area contributed by atoms with Gasteiger partial charge in [0.15, 0.2) is 0 Å². The van der Waals surface area contributed by atoms with Gasteiger partial charge in [0.1, 0.15) is 23.4 Å². The molecule has 1 aromatic carbocycles. The van der Waals surface area contributed by atoms with Crippen molar-refractivity contribution in [3.05, 3.63) is 29.3 Å². The van der Waals surface area contributed by atoms with Gasteiger partial charge < -0.3 is 25.4 Å². The molecule has 220 valence electrons. The highest BCUT2D eigenvalue weighted by atomic mass is 16.6. The van der Waals surface area contributed by atoms with Crippen LogP contribution in [-0.2, 0) is 14.3 Å². The van der Waals surface area contributed by atoms with Gasteiger partial charge in [0, 0.05) is 18.2 Å². The fourth-order valence-electron chi connectivity index (χ4n) is 5.10. The molecule has 0 radical (unpaired) electrons. The van der Waals surface area contributed by atoms with E-state index in [1.807, 2.05) is 0 Å². The number of hydrogen-bond acceptors (Lipinski definition) is 5. The maximum Gasteiger partial charge on any atom is 0.408 e. The third kappa shape index (κ3) is 10.7. The van der Waals surface area contributed by atoms with Gasteiger partial charge in [0.2, 0.25) is 11.8 Å². The number of benzene rings is 1. The molecule has 1 saturated carbocycles. The number of carbonyl (C=O) groups is 3. The summed E-state index contributed by atoms with van der Waals surface area (Å²) >= 11 is 0. The molecule has 0 heterocycles. The molecule has 0 aromatic heterocycles. The van der Waals surface area contributed by atoms with E-state index in [2.05, 4.69) is 17.6 Å². The summed E-state index contributed by atoms with van der Waals surface area (Å²) in [5, 5.41) is 16.8.